The van der Waals surface area contributed by atoms with Crippen LogP contribution >= 0.6 is 11.6 Å². The Morgan fingerprint density at radius 3 is 1.90 bits per heavy atom. The molecular weight excluding hydrogens is 278 g/mol. The van der Waals surface area contributed by atoms with Crippen molar-refractivity contribution in [2.45, 2.75) is 20.8 Å². The molecule has 1 aliphatic heterocycles. The van der Waals surface area contributed by atoms with E-state index in [1.54, 1.807) is 0 Å². The van der Waals surface area contributed by atoms with Gasteiger partial charge in [0.25, 0.3) is 0 Å². The first kappa shape index (κ1) is 16.2. The predicted octanol–water partition coefficient (Wildman–Crippen LogP) is 2.28. The molecular formula is C14H18ClN3O2. The van der Waals surface area contributed by atoms with E-state index in [4.69, 9.17) is 17.0 Å². The fourth-order valence-electron chi connectivity index (χ4n) is 1.78. The third-order valence-corrected chi connectivity index (χ3v) is 3.03. The second kappa shape index (κ2) is 7.05. The van der Waals surface area contributed by atoms with Crippen LogP contribution in [0.5, 0.6) is 0 Å². The predicted molar refractivity (Wildman–Crippen MR) is 78.7 cm³/mol. The summed E-state index contributed by atoms with van der Waals surface area (Å²) in [5.74, 6) is -0.387. The van der Waals surface area contributed by atoms with E-state index >= 15 is 0 Å². The first-order valence-electron chi connectivity index (χ1n) is 6.20. The molecule has 2 rings (SSSR count). The zero-order valence-corrected chi connectivity index (χ0v) is 12.6. The maximum absolute atomic E-state index is 10.9. The van der Waals surface area contributed by atoms with E-state index in [1.807, 2.05) is 31.2 Å². The second-order valence-electron chi connectivity index (χ2n) is 4.46. The number of benzene rings is 1. The summed E-state index contributed by atoms with van der Waals surface area (Å²) in [5, 5.41) is 8.24. The highest BCUT2D eigenvalue weighted by molar-refractivity contribution is 6.30. The maximum Gasteiger partial charge on any atom is 0.226 e. The summed E-state index contributed by atoms with van der Waals surface area (Å²) in [5.41, 5.74) is 1.21. The van der Waals surface area contributed by atoms with Gasteiger partial charge in [0, 0.05) is 32.0 Å². The molecule has 0 aromatic heterocycles. The third kappa shape index (κ3) is 4.35. The van der Waals surface area contributed by atoms with Crippen molar-refractivity contribution in [1.82, 2.24) is 9.80 Å². The summed E-state index contributed by atoms with van der Waals surface area (Å²) in [6.45, 7) is 5.67. The lowest BCUT2D eigenvalue weighted by molar-refractivity contribution is -0.124. The Labute approximate surface area is 123 Å². The number of halogens is 1. The van der Waals surface area contributed by atoms with Gasteiger partial charge >= 0.3 is 0 Å². The topological polar surface area (TPSA) is 64.5 Å². The summed E-state index contributed by atoms with van der Waals surface area (Å²) in [7, 11) is 0. The third-order valence-electron chi connectivity index (χ3n) is 2.80. The average Bonchev–Trinajstić information content (AvgIpc) is 2.71. The van der Waals surface area contributed by atoms with E-state index in [0.29, 0.717) is 13.1 Å². The van der Waals surface area contributed by atoms with Crippen molar-refractivity contribution in [3.05, 3.63) is 34.9 Å². The molecule has 0 saturated carbocycles. The molecule has 0 atom stereocenters. The molecule has 1 aromatic carbocycles. The van der Waals surface area contributed by atoms with Gasteiger partial charge in [0.2, 0.25) is 17.8 Å². The van der Waals surface area contributed by atoms with Crippen molar-refractivity contribution < 1.29 is 9.59 Å². The summed E-state index contributed by atoms with van der Waals surface area (Å²) in [6.07, 6.45) is 0. The Hall–Kier alpha value is -1.88. The molecule has 0 radical (unpaired) electrons. The Bertz CT molecular complexity index is 490. The summed E-state index contributed by atoms with van der Waals surface area (Å²) < 4.78 is 0. The lowest BCUT2D eigenvalue weighted by Gasteiger charge is -2.15. The smallest absolute Gasteiger partial charge is 0.226 e. The Morgan fingerprint density at radius 2 is 1.65 bits per heavy atom. The normalized spacial score (nSPS) is 13.9. The molecule has 5 nitrogen and oxygen atoms in total. The van der Waals surface area contributed by atoms with Crippen molar-refractivity contribution >= 4 is 29.4 Å². The van der Waals surface area contributed by atoms with Crippen LogP contribution in [0.4, 0.5) is 0 Å². The number of carbonyl (C=O) groups is 2. The zero-order chi connectivity index (χ0) is 15.3. The van der Waals surface area contributed by atoms with Gasteiger partial charge in [-0.25, -0.2) is 0 Å². The maximum atomic E-state index is 10.9. The quantitative estimate of drug-likeness (QED) is 0.798. The molecule has 6 heteroatoms. The summed E-state index contributed by atoms with van der Waals surface area (Å²) in [4.78, 5) is 24.3. The molecule has 1 N–H and O–H groups in total. The van der Waals surface area contributed by atoms with Gasteiger partial charge in [-0.05, 0) is 24.6 Å². The molecule has 1 aromatic rings. The van der Waals surface area contributed by atoms with E-state index in [9.17, 15) is 9.59 Å². The van der Waals surface area contributed by atoms with Crippen LogP contribution in [0.2, 0.25) is 5.02 Å². The Morgan fingerprint density at radius 1 is 1.15 bits per heavy atom. The minimum atomic E-state index is -0.191. The monoisotopic (exact) mass is 295 g/mol. The van der Waals surface area contributed by atoms with E-state index in [0.717, 1.165) is 5.02 Å². The molecule has 1 aliphatic rings. The minimum absolute atomic E-state index is 0.00463. The van der Waals surface area contributed by atoms with Crippen LogP contribution in [0.25, 0.3) is 0 Å². The molecule has 2 amide bonds. The van der Waals surface area contributed by atoms with E-state index in [1.165, 1.54) is 29.2 Å². The highest BCUT2D eigenvalue weighted by Crippen LogP contribution is 2.08. The first-order chi connectivity index (χ1) is 9.32. The highest BCUT2D eigenvalue weighted by Gasteiger charge is 2.29. The van der Waals surface area contributed by atoms with Crippen LogP contribution in [-0.4, -0.2) is 40.7 Å². The number of nitrogens with one attached hydrogen (secondary N) is 1. The number of nitrogens with zero attached hydrogens (tertiary/aromatic N) is 2. The Balaban J connectivity index is 0.000000217. The zero-order valence-electron chi connectivity index (χ0n) is 11.8. The second-order valence-corrected chi connectivity index (χ2v) is 4.90. The summed E-state index contributed by atoms with van der Waals surface area (Å²) >= 11 is 5.64. The van der Waals surface area contributed by atoms with E-state index < -0.39 is 0 Å². The minimum Gasteiger partial charge on any atom is -0.281 e. The molecule has 0 aliphatic carbocycles. The van der Waals surface area contributed by atoms with Crippen LogP contribution in [0.1, 0.15) is 19.4 Å². The van der Waals surface area contributed by atoms with Crippen LogP contribution in [-0.2, 0) is 9.59 Å². The van der Waals surface area contributed by atoms with Crippen LogP contribution in [0, 0.1) is 12.3 Å². The van der Waals surface area contributed by atoms with Gasteiger partial charge in [-0.1, -0.05) is 23.7 Å². The average molecular weight is 296 g/mol. The molecule has 1 fully saturated rings. The van der Waals surface area contributed by atoms with Gasteiger partial charge < -0.3 is 0 Å². The van der Waals surface area contributed by atoms with Crippen LogP contribution < -0.4 is 0 Å². The molecule has 0 unspecified atom stereocenters. The van der Waals surface area contributed by atoms with Gasteiger partial charge in [-0.15, -0.1) is 0 Å². The molecule has 1 saturated heterocycles. The fraction of sp³-hybridized carbons (Fsp3) is 0.357. The van der Waals surface area contributed by atoms with Crippen molar-refractivity contribution in [1.29, 1.82) is 5.41 Å². The van der Waals surface area contributed by atoms with Crippen LogP contribution in [0.15, 0.2) is 24.3 Å². The van der Waals surface area contributed by atoms with E-state index in [2.05, 4.69) is 0 Å². The number of hydrogen-bond acceptors (Lipinski definition) is 3. The molecule has 108 valence electrons. The largest absolute Gasteiger partial charge is 0.281 e. The number of hydrogen-bond donors (Lipinski definition) is 1. The van der Waals surface area contributed by atoms with Gasteiger partial charge in [0.15, 0.2) is 0 Å². The van der Waals surface area contributed by atoms with Crippen molar-refractivity contribution in [2.24, 2.45) is 0 Å². The number of amides is 2. The lowest BCUT2D eigenvalue weighted by atomic mass is 10.2. The number of rotatable bonds is 0. The fourth-order valence-corrected chi connectivity index (χ4v) is 2.02. The van der Waals surface area contributed by atoms with Crippen molar-refractivity contribution in [2.75, 3.05) is 13.1 Å². The van der Waals surface area contributed by atoms with Crippen molar-refractivity contribution in [3.63, 3.8) is 0 Å². The lowest BCUT2D eigenvalue weighted by Crippen LogP contribution is -2.37. The highest BCUT2D eigenvalue weighted by atomic mass is 35.5. The Kier molecular flexibility index (Phi) is 5.70. The molecule has 0 spiro atoms. The van der Waals surface area contributed by atoms with Gasteiger partial charge in [0.05, 0.1) is 0 Å². The van der Waals surface area contributed by atoms with Gasteiger partial charge in [-0.2, -0.15) is 0 Å². The van der Waals surface area contributed by atoms with Crippen molar-refractivity contribution in [3.8, 4) is 0 Å². The number of guanidine groups is 1. The standard InChI is InChI=1S/C7H7Cl.C7H11N3O2/c1-6-3-2-4-7(8)5-6;1-5(11)9-3-4-10(6(2)12)7(9)8/h2-5H,1H3;8H,3-4H2,1-2H3. The molecule has 1 heterocycles. The van der Waals surface area contributed by atoms with Gasteiger partial charge in [0.1, 0.15) is 0 Å². The van der Waals surface area contributed by atoms with Gasteiger partial charge in [-0.3, -0.25) is 24.8 Å². The first-order valence-corrected chi connectivity index (χ1v) is 6.57. The number of carbonyl (C=O) groups excluding carboxylic acids is 2. The number of aryl methyl sites for hydroxylation is 1. The summed E-state index contributed by atoms with van der Waals surface area (Å²) in [6, 6.07) is 7.76. The van der Waals surface area contributed by atoms with E-state index in [-0.39, 0.29) is 17.8 Å². The SMILES string of the molecule is CC(=O)N1CCN(C(C)=O)C1=N.Cc1cccc(Cl)c1. The molecule has 20 heavy (non-hydrogen) atoms. The molecule has 0 bridgehead atoms. The van der Waals surface area contributed by atoms with Crippen LogP contribution in [0.3, 0.4) is 0 Å².